The maximum absolute atomic E-state index is 5.26. The number of pyridine rings is 4. The van der Waals surface area contributed by atoms with E-state index < -0.39 is 0 Å². The van der Waals surface area contributed by atoms with E-state index in [1.165, 1.54) is 11.1 Å². The zero-order valence-corrected chi connectivity index (χ0v) is 30.3. The van der Waals surface area contributed by atoms with Crippen LogP contribution in [0, 0.1) is 0 Å². The van der Waals surface area contributed by atoms with Crippen LogP contribution < -0.4 is 0 Å². The van der Waals surface area contributed by atoms with Gasteiger partial charge >= 0.3 is 0 Å². The molecule has 0 saturated carbocycles. The highest BCUT2D eigenvalue weighted by molar-refractivity contribution is 6.07. The summed E-state index contributed by atoms with van der Waals surface area (Å²) < 4.78 is 0. The minimum absolute atomic E-state index is 0.914. The third-order valence-corrected chi connectivity index (χ3v) is 10.9. The summed E-state index contributed by atoms with van der Waals surface area (Å²) in [5.74, 6) is 0. The molecule has 4 heterocycles. The average Bonchev–Trinajstić information content (AvgIpc) is 3.28. The lowest BCUT2D eigenvalue weighted by Crippen LogP contribution is -1.92. The minimum Gasteiger partial charge on any atom is -0.254 e. The second kappa shape index (κ2) is 13.1. The Kier molecular flexibility index (Phi) is 7.46. The Labute approximate surface area is 323 Å². The normalized spacial score (nSPS) is 11.6. The molecule has 0 saturated heterocycles. The molecule has 4 nitrogen and oxygen atoms in total. The molecule has 4 heteroatoms. The van der Waals surface area contributed by atoms with Gasteiger partial charge in [-0.2, -0.15) is 0 Å². The van der Waals surface area contributed by atoms with Gasteiger partial charge in [-0.25, -0.2) is 15.0 Å². The smallest absolute Gasteiger partial charge is 0.0972 e. The molecule has 11 aromatic rings. The molecule has 56 heavy (non-hydrogen) atoms. The van der Waals surface area contributed by atoms with Crippen LogP contribution in [0.1, 0.15) is 0 Å². The summed E-state index contributed by atoms with van der Waals surface area (Å²) in [6.07, 6.45) is 1.83. The van der Waals surface area contributed by atoms with Crippen molar-refractivity contribution in [3.05, 3.63) is 194 Å². The number of benzene rings is 7. The first kappa shape index (κ1) is 31.9. The van der Waals surface area contributed by atoms with Crippen LogP contribution in [0.25, 0.3) is 110 Å². The van der Waals surface area contributed by atoms with Crippen molar-refractivity contribution in [3.8, 4) is 56.0 Å². The van der Waals surface area contributed by atoms with Crippen molar-refractivity contribution in [1.82, 2.24) is 19.9 Å². The second-order valence-corrected chi connectivity index (χ2v) is 14.3. The maximum atomic E-state index is 5.26. The lowest BCUT2D eigenvalue weighted by atomic mass is 9.95. The maximum Gasteiger partial charge on any atom is 0.0972 e. The van der Waals surface area contributed by atoms with Crippen LogP contribution in [0.5, 0.6) is 0 Å². The predicted octanol–water partition coefficient (Wildman–Crippen LogP) is 13.4. The van der Waals surface area contributed by atoms with Gasteiger partial charge in [0.2, 0.25) is 0 Å². The van der Waals surface area contributed by atoms with Crippen LogP contribution in [-0.4, -0.2) is 19.9 Å². The molecule has 0 unspecified atom stereocenters. The molecule has 7 aromatic carbocycles. The molecule has 0 amide bonds. The molecule has 0 bridgehead atoms. The van der Waals surface area contributed by atoms with Crippen LogP contribution in [0.15, 0.2) is 194 Å². The molecule has 0 aliphatic carbocycles. The third-order valence-electron chi connectivity index (χ3n) is 10.9. The van der Waals surface area contributed by atoms with Crippen LogP contribution >= 0.6 is 0 Å². The van der Waals surface area contributed by atoms with E-state index in [1.807, 2.05) is 18.3 Å². The fourth-order valence-electron chi connectivity index (χ4n) is 7.99. The van der Waals surface area contributed by atoms with E-state index in [0.717, 1.165) is 99.3 Å². The number of hydrogen-bond donors (Lipinski definition) is 0. The number of rotatable bonds is 5. The fraction of sp³-hybridized carbons (Fsp3) is 0. The van der Waals surface area contributed by atoms with E-state index in [1.54, 1.807) is 0 Å². The average molecular weight is 713 g/mol. The van der Waals surface area contributed by atoms with Gasteiger partial charge in [-0.3, -0.25) is 4.98 Å². The topological polar surface area (TPSA) is 51.6 Å². The number of fused-ring (bicyclic) bond motifs is 6. The van der Waals surface area contributed by atoms with Gasteiger partial charge in [0.15, 0.2) is 0 Å². The molecule has 0 atom stereocenters. The molecule has 4 aromatic heterocycles. The molecule has 0 fully saturated rings. The first-order valence-corrected chi connectivity index (χ1v) is 18.9. The molecule has 260 valence electrons. The Hall–Kier alpha value is -7.56. The molecule has 0 aliphatic heterocycles. The minimum atomic E-state index is 0.914. The molecule has 0 aliphatic rings. The van der Waals surface area contributed by atoms with E-state index in [0.29, 0.717) is 0 Å². The molecular weight excluding hydrogens is 681 g/mol. The van der Waals surface area contributed by atoms with Gasteiger partial charge in [0, 0.05) is 44.4 Å². The van der Waals surface area contributed by atoms with E-state index in [2.05, 4.69) is 181 Å². The summed E-state index contributed by atoms with van der Waals surface area (Å²) in [6.45, 7) is 0. The molecular formula is C52H32N4. The third kappa shape index (κ3) is 5.55. The molecule has 0 N–H and O–H groups in total. The summed E-state index contributed by atoms with van der Waals surface area (Å²) in [4.78, 5) is 20.2. The van der Waals surface area contributed by atoms with Gasteiger partial charge in [0.25, 0.3) is 0 Å². The molecule has 0 radical (unpaired) electrons. The molecule has 0 spiro atoms. The van der Waals surface area contributed by atoms with Crippen molar-refractivity contribution in [2.75, 3.05) is 0 Å². The van der Waals surface area contributed by atoms with Crippen molar-refractivity contribution < 1.29 is 0 Å². The Morgan fingerprint density at radius 2 is 0.768 bits per heavy atom. The van der Waals surface area contributed by atoms with E-state index in [9.17, 15) is 0 Å². The number of nitrogens with zero attached hydrogens (tertiary/aromatic N) is 4. The van der Waals surface area contributed by atoms with Gasteiger partial charge in [-0.05, 0) is 69.4 Å². The van der Waals surface area contributed by atoms with Crippen LogP contribution in [0.2, 0.25) is 0 Å². The summed E-state index contributed by atoms with van der Waals surface area (Å²) in [7, 11) is 0. The van der Waals surface area contributed by atoms with Crippen molar-refractivity contribution in [2.24, 2.45) is 0 Å². The highest BCUT2D eigenvalue weighted by Crippen LogP contribution is 2.37. The molecule has 11 rings (SSSR count). The SMILES string of the molecule is c1ccc(-c2ccc(-c3ccc4ccc(-c5ccc6ccc(-c7ccc(-c8ccc9ccc%10cccnc%10c9n8)c8ccccc78)nc6c5)cc4n3)cc2)cc1. The summed E-state index contributed by atoms with van der Waals surface area (Å²) in [5, 5.41) is 6.64. The van der Waals surface area contributed by atoms with Crippen molar-refractivity contribution in [1.29, 1.82) is 0 Å². The van der Waals surface area contributed by atoms with Gasteiger partial charge in [0.1, 0.15) is 0 Å². The summed E-state index contributed by atoms with van der Waals surface area (Å²) in [5.41, 5.74) is 14.4. The van der Waals surface area contributed by atoms with Gasteiger partial charge < -0.3 is 0 Å². The first-order chi connectivity index (χ1) is 27.7. The predicted molar refractivity (Wildman–Crippen MR) is 232 cm³/mol. The van der Waals surface area contributed by atoms with Crippen molar-refractivity contribution >= 4 is 54.4 Å². The van der Waals surface area contributed by atoms with Crippen LogP contribution in [0.4, 0.5) is 0 Å². The fourth-order valence-corrected chi connectivity index (χ4v) is 7.99. The lowest BCUT2D eigenvalue weighted by Gasteiger charge is -2.13. The highest BCUT2D eigenvalue weighted by Gasteiger charge is 2.14. The van der Waals surface area contributed by atoms with E-state index in [-0.39, 0.29) is 0 Å². The standard InChI is InChI=1S/C52H32N4/c1-2-7-33(8-3-1)34-12-14-35(15-13-34)46-27-22-36-16-20-40(31-49(36)54-46)41-21-17-37-23-28-47(55-50(37)32-41)44-25-26-45(43-11-5-4-10-42(43)44)48-29-24-39-19-18-38-9-6-30-53-51(38)52(39)56-48/h1-32H. The van der Waals surface area contributed by atoms with E-state index in [4.69, 9.17) is 15.0 Å². The Morgan fingerprint density at radius 1 is 0.286 bits per heavy atom. The zero-order chi connectivity index (χ0) is 37.0. The summed E-state index contributed by atoms with van der Waals surface area (Å²) in [6, 6.07) is 66.2. The zero-order valence-electron chi connectivity index (χ0n) is 30.3. The van der Waals surface area contributed by atoms with Crippen molar-refractivity contribution in [3.63, 3.8) is 0 Å². The monoisotopic (exact) mass is 712 g/mol. The highest BCUT2D eigenvalue weighted by atomic mass is 14.8. The van der Waals surface area contributed by atoms with Crippen LogP contribution in [0.3, 0.4) is 0 Å². The Bertz CT molecular complexity index is 3300. The van der Waals surface area contributed by atoms with E-state index >= 15 is 0 Å². The van der Waals surface area contributed by atoms with Gasteiger partial charge in [0.05, 0.1) is 39.1 Å². The van der Waals surface area contributed by atoms with Crippen molar-refractivity contribution in [2.45, 2.75) is 0 Å². The first-order valence-electron chi connectivity index (χ1n) is 18.9. The van der Waals surface area contributed by atoms with Gasteiger partial charge in [-0.15, -0.1) is 0 Å². The van der Waals surface area contributed by atoms with Crippen LogP contribution in [-0.2, 0) is 0 Å². The second-order valence-electron chi connectivity index (χ2n) is 14.3. The Balaban J connectivity index is 0.946. The van der Waals surface area contributed by atoms with Gasteiger partial charge in [-0.1, -0.05) is 152 Å². The largest absolute Gasteiger partial charge is 0.254 e. The quantitative estimate of drug-likeness (QED) is 0.167. The lowest BCUT2D eigenvalue weighted by molar-refractivity contribution is 1.37. The summed E-state index contributed by atoms with van der Waals surface area (Å²) >= 11 is 0. The number of hydrogen-bond acceptors (Lipinski definition) is 4. The Morgan fingerprint density at radius 3 is 1.45 bits per heavy atom. The number of aromatic nitrogens is 4.